The van der Waals surface area contributed by atoms with Gasteiger partial charge < -0.3 is 15.5 Å². The van der Waals surface area contributed by atoms with E-state index in [0.29, 0.717) is 5.69 Å². The zero-order chi connectivity index (χ0) is 20.7. The molecular formula is C22H22FN7. The third-order valence-corrected chi connectivity index (χ3v) is 5.51. The largest absolute Gasteiger partial charge is 0.368 e. The third kappa shape index (κ3) is 3.35. The van der Waals surface area contributed by atoms with Crippen LogP contribution in [0.2, 0.25) is 0 Å². The standard InChI is InChI=1S/C22H22FN7/c1-28-10-12-29(13-11-28)17-6-7-19-27-20(15-2-4-16(23)5-3-15)21(30(19)14-17)18-8-9-25-22(24)26-18/h2-9,14H,10-13H2,1H3,(H2,24,25,26). The first-order valence-electron chi connectivity index (χ1n) is 9.89. The number of anilines is 2. The predicted octanol–water partition coefficient (Wildman–Crippen LogP) is 2.93. The van der Waals surface area contributed by atoms with Gasteiger partial charge in [-0.05, 0) is 49.5 Å². The Morgan fingerprint density at radius 1 is 0.933 bits per heavy atom. The number of fused-ring (bicyclic) bond motifs is 1. The molecule has 8 heteroatoms. The molecule has 30 heavy (non-hydrogen) atoms. The van der Waals surface area contributed by atoms with Crippen LogP contribution in [0.1, 0.15) is 0 Å². The van der Waals surface area contributed by atoms with Gasteiger partial charge in [-0.2, -0.15) is 0 Å². The number of benzene rings is 1. The number of nitrogen functional groups attached to an aromatic ring is 1. The van der Waals surface area contributed by atoms with Crippen LogP contribution in [0.25, 0.3) is 28.3 Å². The highest BCUT2D eigenvalue weighted by Crippen LogP contribution is 2.33. The van der Waals surface area contributed by atoms with Crippen LogP contribution in [0, 0.1) is 5.82 Å². The Labute approximate surface area is 173 Å². The molecule has 0 unspecified atom stereocenters. The van der Waals surface area contributed by atoms with Gasteiger partial charge >= 0.3 is 0 Å². The van der Waals surface area contributed by atoms with Gasteiger partial charge in [0.1, 0.15) is 11.5 Å². The molecule has 1 aliphatic rings. The van der Waals surface area contributed by atoms with Crippen molar-refractivity contribution < 1.29 is 4.39 Å². The molecule has 152 valence electrons. The van der Waals surface area contributed by atoms with Gasteiger partial charge in [0.2, 0.25) is 5.95 Å². The van der Waals surface area contributed by atoms with Crippen LogP contribution in [-0.4, -0.2) is 57.5 Å². The van der Waals surface area contributed by atoms with E-state index in [2.05, 4.69) is 39.1 Å². The first-order chi connectivity index (χ1) is 14.6. The lowest BCUT2D eigenvalue weighted by molar-refractivity contribution is 0.313. The fourth-order valence-corrected chi connectivity index (χ4v) is 3.84. The lowest BCUT2D eigenvalue weighted by Gasteiger charge is -2.34. The normalized spacial score (nSPS) is 15.1. The maximum absolute atomic E-state index is 13.5. The Morgan fingerprint density at radius 3 is 2.43 bits per heavy atom. The van der Waals surface area contributed by atoms with Crippen LogP contribution in [0.15, 0.2) is 54.9 Å². The van der Waals surface area contributed by atoms with E-state index in [0.717, 1.165) is 54.5 Å². The van der Waals surface area contributed by atoms with Crippen LogP contribution in [0.5, 0.6) is 0 Å². The topological polar surface area (TPSA) is 75.6 Å². The summed E-state index contributed by atoms with van der Waals surface area (Å²) >= 11 is 0. The Kier molecular flexibility index (Phi) is 4.55. The van der Waals surface area contributed by atoms with Crippen molar-refractivity contribution in [1.82, 2.24) is 24.3 Å². The summed E-state index contributed by atoms with van der Waals surface area (Å²) in [6, 6.07) is 12.3. The minimum atomic E-state index is -0.285. The molecule has 3 aromatic heterocycles. The highest BCUT2D eigenvalue weighted by molar-refractivity contribution is 5.81. The van der Waals surface area contributed by atoms with Gasteiger partial charge in [0.15, 0.2) is 0 Å². The molecule has 0 amide bonds. The van der Waals surface area contributed by atoms with Crippen LogP contribution < -0.4 is 10.6 Å². The highest BCUT2D eigenvalue weighted by Gasteiger charge is 2.20. The van der Waals surface area contributed by atoms with Crippen molar-refractivity contribution >= 4 is 17.3 Å². The van der Waals surface area contributed by atoms with Crippen molar-refractivity contribution in [2.45, 2.75) is 0 Å². The number of rotatable bonds is 3. The van der Waals surface area contributed by atoms with Crippen molar-refractivity contribution in [3.8, 4) is 22.6 Å². The van der Waals surface area contributed by atoms with E-state index in [1.165, 1.54) is 12.1 Å². The molecule has 0 atom stereocenters. The molecule has 2 N–H and O–H groups in total. The fourth-order valence-electron chi connectivity index (χ4n) is 3.84. The second-order valence-electron chi connectivity index (χ2n) is 7.52. The molecule has 5 rings (SSSR count). The average molecular weight is 403 g/mol. The number of piperazine rings is 1. The first kappa shape index (κ1) is 18.5. The molecule has 0 aliphatic carbocycles. The van der Waals surface area contributed by atoms with Crippen LogP contribution >= 0.6 is 0 Å². The minimum absolute atomic E-state index is 0.197. The number of imidazole rings is 1. The summed E-state index contributed by atoms with van der Waals surface area (Å²) < 4.78 is 15.5. The summed E-state index contributed by atoms with van der Waals surface area (Å²) in [5, 5.41) is 0. The summed E-state index contributed by atoms with van der Waals surface area (Å²) in [5.74, 6) is -0.0876. The molecule has 1 fully saturated rings. The monoisotopic (exact) mass is 403 g/mol. The van der Waals surface area contributed by atoms with Gasteiger partial charge in [-0.3, -0.25) is 4.40 Å². The van der Waals surface area contributed by atoms with E-state index in [1.54, 1.807) is 18.3 Å². The maximum Gasteiger partial charge on any atom is 0.220 e. The number of halogens is 1. The van der Waals surface area contributed by atoms with Crippen molar-refractivity contribution in [1.29, 1.82) is 0 Å². The quantitative estimate of drug-likeness (QED) is 0.567. The molecular weight excluding hydrogens is 381 g/mol. The van der Waals surface area contributed by atoms with E-state index >= 15 is 0 Å². The van der Waals surface area contributed by atoms with E-state index in [9.17, 15) is 4.39 Å². The van der Waals surface area contributed by atoms with Gasteiger partial charge in [0.05, 0.1) is 22.8 Å². The van der Waals surface area contributed by atoms with Gasteiger partial charge in [0, 0.05) is 44.1 Å². The second kappa shape index (κ2) is 7.38. The molecule has 0 spiro atoms. The number of nitrogens with zero attached hydrogens (tertiary/aromatic N) is 6. The van der Waals surface area contributed by atoms with Gasteiger partial charge in [-0.1, -0.05) is 0 Å². The van der Waals surface area contributed by atoms with E-state index in [1.807, 2.05) is 16.5 Å². The Bertz CT molecular complexity index is 1190. The number of hydrogen-bond donors (Lipinski definition) is 1. The van der Waals surface area contributed by atoms with Crippen molar-refractivity contribution in [3.05, 3.63) is 60.7 Å². The van der Waals surface area contributed by atoms with E-state index in [-0.39, 0.29) is 11.8 Å². The molecule has 0 radical (unpaired) electrons. The zero-order valence-corrected chi connectivity index (χ0v) is 16.7. The third-order valence-electron chi connectivity index (χ3n) is 5.51. The van der Waals surface area contributed by atoms with Gasteiger partial charge in [0.25, 0.3) is 0 Å². The molecule has 0 saturated carbocycles. The second-order valence-corrected chi connectivity index (χ2v) is 7.52. The number of likely N-dealkylation sites (N-methyl/N-ethyl adjacent to an activating group) is 1. The summed E-state index contributed by atoms with van der Waals surface area (Å²) in [7, 11) is 2.14. The summed E-state index contributed by atoms with van der Waals surface area (Å²) in [6.07, 6.45) is 3.73. The Balaban J connectivity index is 1.69. The number of hydrogen-bond acceptors (Lipinski definition) is 6. The molecule has 1 aromatic carbocycles. The summed E-state index contributed by atoms with van der Waals surface area (Å²) in [6.45, 7) is 3.99. The molecule has 1 aliphatic heterocycles. The number of pyridine rings is 1. The summed E-state index contributed by atoms with van der Waals surface area (Å²) in [5.41, 5.74) is 10.8. The Morgan fingerprint density at radius 2 is 1.70 bits per heavy atom. The van der Waals surface area contributed by atoms with Gasteiger partial charge in [-0.25, -0.2) is 19.3 Å². The van der Waals surface area contributed by atoms with Crippen molar-refractivity contribution in [2.24, 2.45) is 0 Å². The van der Waals surface area contributed by atoms with Crippen LogP contribution in [0.3, 0.4) is 0 Å². The van der Waals surface area contributed by atoms with Crippen molar-refractivity contribution in [3.63, 3.8) is 0 Å². The van der Waals surface area contributed by atoms with E-state index in [4.69, 9.17) is 10.7 Å². The highest BCUT2D eigenvalue weighted by atomic mass is 19.1. The molecule has 4 aromatic rings. The van der Waals surface area contributed by atoms with E-state index < -0.39 is 0 Å². The van der Waals surface area contributed by atoms with Gasteiger partial charge in [-0.15, -0.1) is 0 Å². The minimum Gasteiger partial charge on any atom is -0.368 e. The average Bonchev–Trinajstić information content (AvgIpc) is 3.13. The molecule has 0 bridgehead atoms. The number of aromatic nitrogens is 4. The van der Waals surface area contributed by atoms with Crippen LogP contribution in [0.4, 0.5) is 16.0 Å². The van der Waals surface area contributed by atoms with Crippen LogP contribution in [-0.2, 0) is 0 Å². The maximum atomic E-state index is 13.5. The first-order valence-corrected chi connectivity index (χ1v) is 9.89. The molecule has 1 saturated heterocycles. The smallest absolute Gasteiger partial charge is 0.220 e. The number of nitrogens with two attached hydrogens (primary N) is 1. The molecule has 7 nitrogen and oxygen atoms in total. The SMILES string of the molecule is CN1CCN(c2ccc3nc(-c4ccc(F)cc4)c(-c4ccnc(N)n4)n3c2)CC1. The Hall–Kier alpha value is -3.52. The predicted molar refractivity (Wildman–Crippen MR) is 116 cm³/mol. The zero-order valence-electron chi connectivity index (χ0n) is 16.7. The van der Waals surface area contributed by atoms with Crippen molar-refractivity contribution in [2.75, 3.05) is 43.9 Å². The molecule has 4 heterocycles. The fraction of sp³-hybridized carbons (Fsp3) is 0.227. The lowest BCUT2D eigenvalue weighted by Crippen LogP contribution is -2.44. The summed E-state index contributed by atoms with van der Waals surface area (Å²) in [4.78, 5) is 18.0. The lowest BCUT2D eigenvalue weighted by atomic mass is 10.1.